The summed E-state index contributed by atoms with van der Waals surface area (Å²) in [6, 6.07) is 9.00. The number of fused-ring (bicyclic) bond motifs is 1. The molecule has 0 aliphatic heterocycles. The van der Waals surface area contributed by atoms with Gasteiger partial charge < -0.3 is 10.2 Å². The fourth-order valence-corrected chi connectivity index (χ4v) is 2.24. The molecule has 4 nitrogen and oxygen atoms in total. The summed E-state index contributed by atoms with van der Waals surface area (Å²) in [5, 5.41) is 0.0206. The number of H-pyrrole nitrogens is 1. The molecule has 2 aromatic carbocycles. The Morgan fingerprint density at radius 2 is 1.90 bits per heavy atom. The fourth-order valence-electron chi connectivity index (χ4n) is 2.05. The summed E-state index contributed by atoms with van der Waals surface area (Å²) in [4.78, 5) is 13.7. The lowest BCUT2D eigenvalue weighted by Gasteiger charge is -2.13. The number of aromatic nitrogens is 1. The van der Waals surface area contributed by atoms with E-state index in [0.717, 1.165) is 5.56 Å². The standard InChI is InChI=1S/C14H10ClFN2O2/c15-9-5-7(1-3-10(9)16)13(17)8-2-4-11-12(6-8)20-14(19)18-11/h1-6,13H,17H2,(H,18,19). The lowest BCUT2D eigenvalue weighted by atomic mass is 9.99. The molecule has 1 aromatic heterocycles. The number of oxazole rings is 1. The van der Waals surface area contributed by atoms with Crippen LogP contribution in [0.4, 0.5) is 4.39 Å². The Hall–Kier alpha value is -2.11. The first-order valence-electron chi connectivity index (χ1n) is 5.88. The zero-order valence-electron chi connectivity index (χ0n) is 10.2. The van der Waals surface area contributed by atoms with Crippen molar-refractivity contribution in [3.05, 3.63) is 68.9 Å². The maximum atomic E-state index is 13.1. The molecule has 0 saturated heterocycles. The lowest BCUT2D eigenvalue weighted by Crippen LogP contribution is -2.11. The van der Waals surface area contributed by atoms with E-state index in [1.54, 1.807) is 24.3 Å². The van der Waals surface area contributed by atoms with Gasteiger partial charge in [-0.25, -0.2) is 9.18 Å². The number of rotatable bonds is 2. The third kappa shape index (κ3) is 2.21. The van der Waals surface area contributed by atoms with Gasteiger partial charge in [0.15, 0.2) is 5.58 Å². The van der Waals surface area contributed by atoms with Crippen molar-refractivity contribution in [1.82, 2.24) is 4.98 Å². The van der Waals surface area contributed by atoms with Crippen LogP contribution >= 0.6 is 11.6 Å². The molecule has 1 unspecified atom stereocenters. The fraction of sp³-hybridized carbons (Fsp3) is 0.0714. The van der Waals surface area contributed by atoms with Crippen LogP contribution < -0.4 is 11.5 Å². The number of nitrogens with one attached hydrogen (secondary N) is 1. The quantitative estimate of drug-likeness (QED) is 0.763. The molecule has 102 valence electrons. The molecule has 6 heteroatoms. The predicted octanol–water partition coefficient (Wildman–Crippen LogP) is 2.96. The third-order valence-corrected chi connectivity index (χ3v) is 3.40. The van der Waals surface area contributed by atoms with Crippen molar-refractivity contribution in [3.63, 3.8) is 0 Å². The zero-order valence-corrected chi connectivity index (χ0v) is 10.9. The molecule has 0 amide bonds. The van der Waals surface area contributed by atoms with Crippen LogP contribution in [0.25, 0.3) is 11.1 Å². The molecular weight excluding hydrogens is 283 g/mol. The van der Waals surface area contributed by atoms with Crippen molar-refractivity contribution in [2.45, 2.75) is 6.04 Å². The molecule has 0 spiro atoms. The Morgan fingerprint density at radius 3 is 2.65 bits per heavy atom. The Bertz CT molecular complexity index is 841. The number of halogens is 2. The Balaban J connectivity index is 2.04. The molecule has 20 heavy (non-hydrogen) atoms. The van der Waals surface area contributed by atoms with Crippen molar-refractivity contribution < 1.29 is 8.81 Å². The molecule has 3 N–H and O–H groups in total. The summed E-state index contributed by atoms with van der Waals surface area (Å²) in [5.41, 5.74) is 8.56. The average molecular weight is 293 g/mol. The van der Waals surface area contributed by atoms with Crippen LogP contribution in [0.5, 0.6) is 0 Å². The van der Waals surface area contributed by atoms with Gasteiger partial charge in [-0.3, -0.25) is 4.98 Å². The van der Waals surface area contributed by atoms with Crippen LogP contribution in [0, 0.1) is 5.82 Å². The minimum Gasteiger partial charge on any atom is -0.408 e. The zero-order chi connectivity index (χ0) is 14.3. The highest BCUT2D eigenvalue weighted by Crippen LogP contribution is 2.25. The SMILES string of the molecule is NC(c1ccc(F)c(Cl)c1)c1ccc2[nH]c(=O)oc2c1. The van der Waals surface area contributed by atoms with Crippen molar-refractivity contribution in [2.24, 2.45) is 5.73 Å². The van der Waals surface area contributed by atoms with E-state index < -0.39 is 17.6 Å². The Kier molecular flexibility index (Phi) is 3.08. The minimum absolute atomic E-state index is 0.0206. The monoisotopic (exact) mass is 292 g/mol. The highest BCUT2D eigenvalue weighted by Gasteiger charge is 2.13. The van der Waals surface area contributed by atoms with Crippen LogP contribution in [0.3, 0.4) is 0 Å². The van der Waals surface area contributed by atoms with E-state index in [1.807, 2.05) is 0 Å². The van der Waals surface area contributed by atoms with Gasteiger partial charge in [-0.05, 0) is 35.4 Å². The van der Waals surface area contributed by atoms with Crippen molar-refractivity contribution in [1.29, 1.82) is 0 Å². The van der Waals surface area contributed by atoms with E-state index in [4.69, 9.17) is 21.8 Å². The van der Waals surface area contributed by atoms with Gasteiger partial charge in [0.25, 0.3) is 0 Å². The number of hydrogen-bond donors (Lipinski definition) is 2. The molecule has 0 aliphatic carbocycles. The van der Waals surface area contributed by atoms with Crippen LogP contribution in [0.15, 0.2) is 45.6 Å². The first-order chi connectivity index (χ1) is 9.54. The summed E-state index contributed by atoms with van der Waals surface area (Å²) in [6.45, 7) is 0. The second kappa shape index (κ2) is 4.77. The molecule has 1 heterocycles. The summed E-state index contributed by atoms with van der Waals surface area (Å²) >= 11 is 5.75. The lowest BCUT2D eigenvalue weighted by molar-refractivity contribution is 0.555. The molecule has 3 rings (SSSR count). The van der Waals surface area contributed by atoms with Gasteiger partial charge >= 0.3 is 5.76 Å². The molecule has 0 aliphatic rings. The maximum absolute atomic E-state index is 13.1. The van der Waals surface area contributed by atoms with Crippen LogP contribution in [-0.2, 0) is 0 Å². The minimum atomic E-state index is -0.518. The first kappa shape index (κ1) is 12.9. The average Bonchev–Trinajstić information content (AvgIpc) is 2.80. The van der Waals surface area contributed by atoms with E-state index in [0.29, 0.717) is 16.7 Å². The van der Waals surface area contributed by atoms with Crippen molar-refractivity contribution in [3.8, 4) is 0 Å². The summed E-state index contributed by atoms with van der Waals surface area (Å²) in [7, 11) is 0. The second-order valence-corrected chi connectivity index (χ2v) is 4.83. The van der Waals surface area contributed by atoms with Crippen molar-refractivity contribution >= 4 is 22.7 Å². The summed E-state index contributed by atoms with van der Waals surface area (Å²) in [5.74, 6) is -1.01. The normalized spacial score (nSPS) is 12.8. The van der Waals surface area contributed by atoms with Crippen LogP contribution in [-0.4, -0.2) is 4.98 Å². The van der Waals surface area contributed by atoms with E-state index >= 15 is 0 Å². The number of nitrogens with two attached hydrogens (primary N) is 1. The van der Waals surface area contributed by atoms with Crippen LogP contribution in [0.2, 0.25) is 5.02 Å². The molecule has 0 bridgehead atoms. The smallest absolute Gasteiger partial charge is 0.408 e. The molecule has 0 saturated carbocycles. The topological polar surface area (TPSA) is 72.0 Å². The third-order valence-electron chi connectivity index (χ3n) is 3.11. The van der Waals surface area contributed by atoms with E-state index in [1.165, 1.54) is 12.1 Å². The van der Waals surface area contributed by atoms with Gasteiger partial charge in [-0.15, -0.1) is 0 Å². The van der Waals surface area contributed by atoms with E-state index in [-0.39, 0.29) is 5.02 Å². The molecule has 0 radical (unpaired) electrons. The highest BCUT2D eigenvalue weighted by molar-refractivity contribution is 6.30. The summed E-state index contributed by atoms with van der Waals surface area (Å²) in [6.07, 6.45) is 0. The van der Waals surface area contributed by atoms with Gasteiger partial charge in [-0.2, -0.15) is 0 Å². The maximum Gasteiger partial charge on any atom is 0.417 e. The van der Waals surface area contributed by atoms with Gasteiger partial charge in [0, 0.05) is 0 Å². The molecule has 1 atom stereocenters. The van der Waals surface area contributed by atoms with E-state index in [2.05, 4.69) is 4.98 Å². The number of aromatic amines is 1. The van der Waals surface area contributed by atoms with Crippen molar-refractivity contribution in [2.75, 3.05) is 0 Å². The van der Waals surface area contributed by atoms with Gasteiger partial charge in [-0.1, -0.05) is 23.7 Å². The molecule has 3 aromatic rings. The highest BCUT2D eigenvalue weighted by atomic mass is 35.5. The predicted molar refractivity (Wildman–Crippen MR) is 74.3 cm³/mol. The van der Waals surface area contributed by atoms with Gasteiger partial charge in [0.1, 0.15) is 5.82 Å². The van der Waals surface area contributed by atoms with E-state index in [9.17, 15) is 9.18 Å². The number of hydrogen-bond acceptors (Lipinski definition) is 3. The molecular formula is C14H10ClFN2O2. The Labute approximate surface area is 118 Å². The first-order valence-corrected chi connectivity index (χ1v) is 6.26. The van der Waals surface area contributed by atoms with Gasteiger partial charge in [0.05, 0.1) is 16.6 Å². The van der Waals surface area contributed by atoms with Gasteiger partial charge in [0.2, 0.25) is 0 Å². The number of benzene rings is 2. The Morgan fingerprint density at radius 1 is 1.20 bits per heavy atom. The van der Waals surface area contributed by atoms with Crippen LogP contribution in [0.1, 0.15) is 17.2 Å². The summed E-state index contributed by atoms with van der Waals surface area (Å²) < 4.78 is 18.1. The second-order valence-electron chi connectivity index (χ2n) is 4.42. The molecule has 0 fully saturated rings. The largest absolute Gasteiger partial charge is 0.417 e.